The molecule has 1 aromatic heterocycles. The molecule has 2 aromatic rings. The molecule has 1 saturated heterocycles. The van der Waals surface area contributed by atoms with E-state index in [-0.39, 0.29) is 30.1 Å². The Hall–Kier alpha value is -2.59. The van der Waals surface area contributed by atoms with Gasteiger partial charge in [0.05, 0.1) is 5.56 Å². The summed E-state index contributed by atoms with van der Waals surface area (Å²) >= 11 is 7.07. The van der Waals surface area contributed by atoms with Gasteiger partial charge < -0.3 is 9.80 Å². The molecule has 11 heteroatoms. The highest BCUT2D eigenvalue weighted by atomic mass is 35.5. The van der Waals surface area contributed by atoms with Crippen LogP contribution < -0.4 is 4.90 Å². The minimum Gasteiger partial charge on any atom is -0.339 e. The smallest absolute Gasteiger partial charge is 0.339 e. The Labute approximate surface area is 217 Å². The standard InChI is InChI=1S/C25H29ClF3N3O3S/c1-24(2,3)15-20(33)30-9-11-31(12-10-30)23(35)22(19-8-5-13-36-19)32(21(34)16-26)18-7-4-6-17(14-18)25(27,28)29/h4-8,13-14,22H,9-12,15-16H2,1-3H3. The lowest BCUT2D eigenvalue weighted by Gasteiger charge is -2.39. The van der Waals surface area contributed by atoms with Crippen LogP contribution in [0.1, 0.15) is 43.7 Å². The number of amides is 3. The molecule has 1 aliphatic heterocycles. The second-order valence-electron chi connectivity index (χ2n) is 9.81. The molecule has 1 aromatic carbocycles. The number of piperazine rings is 1. The highest BCUT2D eigenvalue weighted by molar-refractivity contribution is 7.10. The van der Waals surface area contributed by atoms with Crippen LogP contribution in [0.4, 0.5) is 18.9 Å². The topological polar surface area (TPSA) is 60.9 Å². The number of benzene rings is 1. The molecule has 0 aliphatic carbocycles. The molecular formula is C25H29ClF3N3O3S. The fraction of sp³-hybridized carbons (Fsp3) is 0.480. The molecule has 0 radical (unpaired) electrons. The second kappa shape index (κ2) is 11.2. The van der Waals surface area contributed by atoms with Gasteiger partial charge in [-0.25, -0.2) is 0 Å². The van der Waals surface area contributed by atoms with Gasteiger partial charge in [0.1, 0.15) is 11.9 Å². The molecule has 3 rings (SSSR count). The Morgan fingerprint density at radius 2 is 1.67 bits per heavy atom. The van der Waals surface area contributed by atoms with Crippen LogP contribution in [0.2, 0.25) is 0 Å². The number of anilines is 1. The van der Waals surface area contributed by atoms with Gasteiger partial charge in [0.25, 0.3) is 5.91 Å². The van der Waals surface area contributed by atoms with Crippen molar-refractivity contribution in [1.29, 1.82) is 0 Å². The number of rotatable bonds is 6. The number of alkyl halides is 4. The van der Waals surface area contributed by atoms with Crippen LogP contribution in [0.15, 0.2) is 41.8 Å². The number of carbonyl (C=O) groups excluding carboxylic acids is 3. The average molecular weight is 544 g/mol. The maximum absolute atomic E-state index is 13.8. The van der Waals surface area contributed by atoms with Gasteiger partial charge in [-0.2, -0.15) is 13.2 Å². The van der Waals surface area contributed by atoms with Crippen molar-refractivity contribution in [3.8, 4) is 0 Å². The van der Waals surface area contributed by atoms with E-state index in [0.29, 0.717) is 24.4 Å². The predicted octanol–water partition coefficient (Wildman–Crippen LogP) is 5.19. The molecule has 36 heavy (non-hydrogen) atoms. The normalized spacial score (nSPS) is 15.5. The Morgan fingerprint density at radius 3 is 2.19 bits per heavy atom. The van der Waals surface area contributed by atoms with Gasteiger partial charge in [0, 0.05) is 43.2 Å². The SMILES string of the molecule is CC(C)(C)CC(=O)N1CCN(C(=O)C(c2cccs2)N(C(=O)CCl)c2cccc(C(F)(F)F)c2)CC1. The Morgan fingerprint density at radius 1 is 1.03 bits per heavy atom. The van der Waals surface area contributed by atoms with E-state index in [1.165, 1.54) is 23.5 Å². The van der Waals surface area contributed by atoms with Gasteiger partial charge in [-0.05, 0) is 35.1 Å². The maximum Gasteiger partial charge on any atom is 0.416 e. The van der Waals surface area contributed by atoms with Gasteiger partial charge in [-0.1, -0.05) is 32.9 Å². The van der Waals surface area contributed by atoms with Gasteiger partial charge >= 0.3 is 6.18 Å². The van der Waals surface area contributed by atoms with Crippen molar-refractivity contribution in [3.05, 3.63) is 52.2 Å². The first kappa shape index (κ1) is 28.0. The lowest BCUT2D eigenvalue weighted by Crippen LogP contribution is -2.54. The van der Waals surface area contributed by atoms with Crippen molar-refractivity contribution in [2.24, 2.45) is 5.41 Å². The molecule has 0 spiro atoms. The van der Waals surface area contributed by atoms with E-state index >= 15 is 0 Å². The second-order valence-corrected chi connectivity index (χ2v) is 11.1. The summed E-state index contributed by atoms with van der Waals surface area (Å²) in [7, 11) is 0. The van der Waals surface area contributed by atoms with Crippen molar-refractivity contribution in [2.45, 2.75) is 39.4 Å². The molecule has 1 unspecified atom stereocenters. The summed E-state index contributed by atoms with van der Waals surface area (Å²) in [6, 6.07) is 6.50. The van der Waals surface area contributed by atoms with E-state index in [1.54, 1.807) is 27.3 Å². The van der Waals surface area contributed by atoms with Crippen LogP contribution in [0, 0.1) is 5.41 Å². The maximum atomic E-state index is 13.8. The highest BCUT2D eigenvalue weighted by Gasteiger charge is 2.39. The number of nitrogens with zero attached hydrogens (tertiary/aromatic N) is 3. The van der Waals surface area contributed by atoms with Gasteiger partial charge in [0.2, 0.25) is 11.8 Å². The molecule has 1 atom stereocenters. The summed E-state index contributed by atoms with van der Waals surface area (Å²) in [5.41, 5.74) is -1.17. The third kappa shape index (κ3) is 6.79. The molecule has 1 aliphatic rings. The molecule has 6 nitrogen and oxygen atoms in total. The third-order valence-corrected chi connectivity index (χ3v) is 6.92. The molecule has 0 bridgehead atoms. The monoisotopic (exact) mass is 543 g/mol. The number of thiophene rings is 1. The Kier molecular flexibility index (Phi) is 8.71. The summed E-state index contributed by atoms with van der Waals surface area (Å²) in [5, 5.41) is 1.73. The molecule has 196 valence electrons. The number of halogens is 4. The predicted molar refractivity (Wildman–Crippen MR) is 134 cm³/mol. The van der Waals surface area contributed by atoms with Crippen LogP contribution in [0.3, 0.4) is 0 Å². The Balaban J connectivity index is 1.91. The van der Waals surface area contributed by atoms with E-state index in [9.17, 15) is 27.6 Å². The van der Waals surface area contributed by atoms with Gasteiger partial charge in [0.15, 0.2) is 0 Å². The first-order chi connectivity index (χ1) is 16.8. The van der Waals surface area contributed by atoms with E-state index in [2.05, 4.69) is 0 Å². The summed E-state index contributed by atoms with van der Waals surface area (Å²) in [4.78, 5) is 44.2. The lowest BCUT2D eigenvalue weighted by molar-refractivity contribution is -0.141. The molecule has 3 amide bonds. The van der Waals surface area contributed by atoms with E-state index in [1.807, 2.05) is 20.8 Å². The van der Waals surface area contributed by atoms with Crippen LogP contribution in [-0.4, -0.2) is 59.6 Å². The molecule has 0 saturated carbocycles. The van der Waals surface area contributed by atoms with E-state index in [0.717, 1.165) is 17.0 Å². The Bertz CT molecular complexity index is 1080. The summed E-state index contributed by atoms with van der Waals surface area (Å²) in [6.45, 7) is 7.12. The van der Waals surface area contributed by atoms with Crippen molar-refractivity contribution >= 4 is 46.3 Å². The quantitative estimate of drug-likeness (QED) is 0.471. The largest absolute Gasteiger partial charge is 0.416 e. The minimum atomic E-state index is -4.62. The van der Waals surface area contributed by atoms with E-state index in [4.69, 9.17) is 11.6 Å². The molecule has 0 N–H and O–H groups in total. The van der Waals surface area contributed by atoms with Gasteiger partial charge in [-0.15, -0.1) is 22.9 Å². The highest BCUT2D eigenvalue weighted by Crippen LogP contribution is 2.36. The van der Waals surface area contributed by atoms with Crippen LogP contribution in [-0.2, 0) is 20.6 Å². The van der Waals surface area contributed by atoms with Crippen LogP contribution in [0.25, 0.3) is 0 Å². The zero-order valence-corrected chi connectivity index (χ0v) is 21.9. The van der Waals surface area contributed by atoms with E-state index < -0.39 is 35.5 Å². The van der Waals surface area contributed by atoms with Crippen molar-refractivity contribution in [2.75, 3.05) is 37.0 Å². The summed E-state index contributed by atoms with van der Waals surface area (Å²) in [5.74, 6) is -1.63. The minimum absolute atomic E-state index is 0.00677. The van der Waals surface area contributed by atoms with Crippen molar-refractivity contribution in [3.63, 3.8) is 0 Å². The van der Waals surface area contributed by atoms with Gasteiger partial charge in [-0.3, -0.25) is 19.3 Å². The van der Waals surface area contributed by atoms with Crippen LogP contribution >= 0.6 is 22.9 Å². The summed E-state index contributed by atoms with van der Waals surface area (Å²) < 4.78 is 40.2. The fourth-order valence-electron chi connectivity index (χ4n) is 4.05. The third-order valence-electron chi connectivity index (χ3n) is 5.77. The first-order valence-electron chi connectivity index (χ1n) is 11.5. The fourth-order valence-corrected chi connectivity index (χ4v) is 4.99. The average Bonchev–Trinajstić information content (AvgIpc) is 3.34. The van der Waals surface area contributed by atoms with Crippen molar-refractivity contribution in [1.82, 2.24) is 9.80 Å². The molecular weight excluding hydrogens is 515 g/mol. The zero-order chi connectivity index (χ0) is 26.7. The molecule has 1 fully saturated rings. The first-order valence-corrected chi connectivity index (χ1v) is 12.9. The number of hydrogen-bond donors (Lipinski definition) is 0. The zero-order valence-electron chi connectivity index (χ0n) is 20.3. The number of carbonyl (C=O) groups is 3. The molecule has 2 heterocycles. The number of hydrogen-bond acceptors (Lipinski definition) is 4. The lowest BCUT2D eigenvalue weighted by atomic mass is 9.91. The van der Waals surface area contributed by atoms with Crippen LogP contribution in [0.5, 0.6) is 0 Å². The van der Waals surface area contributed by atoms with Crippen molar-refractivity contribution < 1.29 is 27.6 Å². The summed E-state index contributed by atoms with van der Waals surface area (Å²) in [6.07, 6.45) is -4.24.